The molecular weight excluding hydrogens is 278 g/mol. The highest BCUT2D eigenvalue weighted by atomic mass is 32.2. The second-order valence-electron chi connectivity index (χ2n) is 4.45. The Kier molecular flexibility index (Phi) is 7.98. The molecule has 3 nitrogen and oxygen atoms in total. The molecule has 0 amide bonds. The molecule has 2 N–H and O–H groups in total. The number of carbonyl (C=O) groups is 1. The highest BCUT2D eigenvalue weighted by Gasteiger charge is 2.14. The molecule has 0 aliphatic heterocycles. The SMILES string of the molecule is CCCCCCCSCc1cc(C(=O)OC)c(N)s1. The fourth-order valence-electron chi connectivity index (χ4n) is 1.78. The molecule has 0 aliphatic rings. The van der Waals surface area contributed by atoms with Crippen molar-refractivity contribution >= 4 is 34.1 Å². The summed E-state index contributed by atoms with van der Waals surface area (Å²) < 4.78 is 4.69. The minimum Gasteiger partial charge on any atom is -0.465 e. The maximum Gasteiger partial charge on any atom is 0.340 e. The van der Waals surface area contributed by atoms with Crippen LogP contribution in [0.2, 0.25) is 0 Å². The Morgan fingerprint density at radius 3 is 2.79 bits per heavy atom. The maximum absolute atomic E-state index is 11.4. The summed E-state index contributed by atoms with van der Waals surface area (Å²) in [5.74, 6) is 1.76. The molecule has 1 rings (SSSR count). The average molecular weight is 301 g/mol. The Hall–Kier alpha value is -0.680. The molecule has 1 aromatic heterocycles. The van der Waals surface area contributed by atoms with E-state index in [0.29, 0.717) is 10.6 Å². The van der Waals surface area contributed by atoms with Gasteiger partial charge in [-0.25, -0.2) is 4.79 Å². The first-order valence-corrected chi connectivity index (χ1v) is 8.70. The van der Waals surface area contributed by atoms with Gasteiger partial charge in [-0.15, -0.1) is 11.3 Å². The first-order chi connectivity index (χ1) is 9.19. The summed E-state index contributed by atoms with van der Waals surface area (Å²) >= 11 is 3.39. The fraction of sp³-hybridized carbons (Fsp3) is 0.643. The summed E-state index contributed by atoms with van der Waals surface area (Å²) in [6.07, 6.45) is 6.57. The molecule has 1 heterocycles. The van der Waals surface area contributed by atoms with Crippen molar-refractivity contribution in [3.63, 3.8) is 0 Å². The standard InChI is InChI=1S/C14H23NO2S2/c1-3-4-5-6-7-8-18-10-11-9-12(13(15)19-11)14(16)17-2/h9H,3-8,10,15H2,1-2H3. The number of anilines is 1. The number of methoxy groups -OCH3 is 1. The van der Waals surface area contributed by atoms with Crippen LogP contribution in [0.15, 0.2) is 6.07 Å². The molecule has 0 aliphatic carbocycles. The van der Waals surface area contributed by atoms with Crippen LogP contribution in [-0.2, 0) is 10.5 Å². The fourth-order valence-corrected chi connectivity index (χ4v) is 3.81. The maximum atomic E-state index is 11.4. The highest BCUT2D eigenvalue weighted by molar-refractivity contribution is 7.98. The molecular formula is C14H23NO2S2. The first kappa shape index (κ1) is 16.4. The van der Waals surface area contributed by atoms with Gasteiger partial charge < -0.3 is 10.5 Å². The van der Waals surface area contributed by atoms with Gasteiger partial charge in [-0.3, -0.25) is 0 Å². The third-order valence-corrected chi connectivity index (χ3v) is 5.09. The van der Waals surface area contributed by atoms with E-state index in [9.17, 15) is 4.79 Å². The van der Waals surface area contributed by atoms with Gasteiger partial charge in [0.15, 0.2) is 0 Å². The Morgan fingerprint density at radius 2 is 2.11 bits per heavy atom. The number of hydrogen-bond acceptors (Lipinski definition) is 5. The number of unbranched alkanes of at least 4 members (excludes halogenated alkanes) is 4. The predicted molar refractivity (Wildman–Crippen MR) is 85.0 cm³/mol. The predicted octanol–water partition coefficient (Wildman–Crippen LogP) is 4.32. The van der Waals surface area contributed by atoms with Crippen molar-refractivity contribution in [1.82, 2.24) is 0 Å². The van der Waals surface area contributed by atoms with Crippen LogP contribution in [0.5, 0.6) is 0 Å². The number of esters is 1. The number of rotatable bonds is 9. The van der Waals surface area contributed by atoms with E-state index in [2.05, 4.69) is 6.92 Å². The van der Waals surface area contributed by atoms with Gasteiger partial charge in [-0.1, -0.05) is 32.6 Å². The van der Waals surface area contributed by atoms with Crippen molar-refractivity contribution in [3.8, 4) is 0 Å². The summed E-state index contributed by atoms with van der Waals surface area (Å²) in [4.78, 5) is 12.6. The first-order valence-electron chi connectivity index (χ1n) is 6.73. The van der Waals surface area contributed by atoms with Gasteiger partial charge in [-0.05, 0) is 18.2 Å². The summed E-state index contributed by atoms with van der Waals surface area (Å²) in [6, 6.07) is 1.86. The van der Waals surface area contributed by atoms with Crippen molar-refractivity contribution in [2.75, 3.05) is 18.6 Å². The zero-order valence-corrected chi connectivity index (χ0v) is 13.4. The molecule has 0 aromatic carbocycles. The van der Waals surface area contributed by atoms with Crippen LogP contribution < -0.4 is 5.73 Å². The minimum atomic E-state index is -0.343. The van der Waals surface area contributed by atoms with E-state index in [0.717, 1.165) is 10.6 Å². The monoisotopic (exact) mass is 301 g/mol. The molecule has 5 heteroatoms. The smallest absolute Gasteiger partial charge is 0.340 e. The van der Waals surface area contributed by atoms with Crippen molar-refractivity contribution in [3.05, 3.63) is 16.5 Å². The molecule has 0 unspecified atom stereocenters. The van der Waals surface area contributed by atoms with Gasteiger partial charge >= 0.3 is 5.97 Å². The second kappa shape index (κ2) is 9.26. The summed E-state index contributed by atoms with van der Waals surface area (Å²) in [7, 11) is 1.38. The van der Waals surface area contributed by atoms with Gasteiger partial charge in [0.05, 0.1) is 12.7 Å². The number of carbonyl (C=O) groups excluding carboxylic acids is 1. The Bertz CT molecular complexity index is 391. The second-order valence-corrected chi connectivity index (χ2v) is 6.72. The van der Waals surface area contributed by atoms with E-state index in [1.54, 1.807) is 0 Å². The van der Waals surface area contributed by atoms with E-state index >= 15 is 0 Å². The quantitative estimate of drug-likeness (QED) is 0.545. The molecule has 0 fully saturated rings. The van der Waals surface area contributed by atoms with E-state index in [-0.39, 0.29) is 5.97 Å². The van der Waals surface area contributed by atoms with Crippen LogP contribution in [0, 0.1) is 0 Å². The topological polar surface area (TPSA) is 52.3 Å². The number of nitrogen functional groups attached to an aromatic ring is 1. The molecule has 0 radical (unpaired) electrons. The summed E-state index contributed by atoms with van der Waals surface area (Å²) in [5.41, 5.74) is 6.32. The lowest BCUT2D eigenvalue weighted by Gasteiger charge is -2.00. The van der Waals surface area contributed by atoms with E-state index in [1.165, 1.54) is 56.3 Å². The third kappa shape index (κ3) is 5.87. The number of nitrogens with two attached hydrogens (primary N) is 1. The molecule has 0 spiro atoms. The van der Waals surface area contributed by atoms with Crippen molar-refractivity contribution in [1.29, 1.82) is 0 Å². The highest BCUT2D eigenvalue weighted by Crippen LogP contribution is 2.29. The van der Waals surface area contributed by atoms with E-state index in [1.807, 2.05) is 17.8 Å². The Balaban J connectivity index is 2.25. The Labute approximate surface area is 123 Å². The van der Waals surface area contributed by atoms with Gasteiger partial charge in [0.1, 0.15) is 5.00 Å². The zero-order valence-electron chi connectivity index (χ0n) is 11.7. The average Bonchev–Trinajstić information content (AvgIpc) is 2.78. The molecule has 108 valence electrons. The van der Waals surface area contributed by atoms with Gasteiger partial charge in [0.2, 0.25) is 0 Å². The molecule has 0 atom stereocenters. The number of hydrogen-bond donors (Lipinski definition) is 1. The van der Waals surface area contributed by atoms with Gasteiger partial charge in [0.25, 0.3) is 0 Å². The summed E-state index contributed by atoms with van der Waals surface area (Å²) in [5, 5.41) is 0.561. The van der Waals surface area contributed by atoms with E-state index < -0.39 is 0 Å². The van der Waals surface area contributed by atoms with E-state index in [4.69, 9.17) is 10.5 Å². The van der Waals surface area contributed by atoms with Crippen LogP contribution >= 0.6 is 23.1 Å². The molecule has 0 bridgehead atoms. The van der Waals surface area contributed by atoms with Crippen LogP contribution in [0.4, 0.5) is 5.00 Å². The minimum absolute atomic E-state index is 0.343. The normalized spacial score (nSPS) is 10.6. The molecule has 0 saturated carbocycles. The van der Waals surface area contributed by atoms with Crippen molar-refractivity contribution in [2.45, 2.75) is 44.8 Å². The van der Waals surface area contributed by atoms with Crippen molar-refractivity contribution < 1.29 is 9.53 Å². The summed E-state index contributed by atoms with van der Waals surface area (Å²) in [6.45, 7) is 2.23. The Morgan fingerprint density at radius 1 is 1.37 bits per heavy atom. The van der Waals surface area contributed by atoms with Crippen LogP contribution in [0.25, 0.3) is 0 Å². The van der Waals surface area contributed by atoms with Gasteiger partial charge in [0, 0.05) is 10.6 Å². The third-order valence-electron chi connectivity index (χ3n) is 2.85. The zero-order chi connectivity index (χ0) is 14.1. The lowest BCUT2D eigenvalue weighted by atomic mass is 10.2. The van der Waals surface area contributed by atoms with Crippen LogP contribution in [0.3, 0.4) is 0 Å². The number of ether oxygens (including phenoxy) is 1. The largest absolute Gasteiger partial charge is 0.465 e. The van der Waals surface area contributed by atoms with Crippen molar-refractivity contribution in [2.24, 2.45) is 0 Å². The molecule has 0 saturated heterocycles. The molecule has 1 aromatic rings. The lowest BCUT2D eigenvalue weighted by Crippen LogP contribution is -2.01. The number of thioether (sulfide) groups is 1. The van der Waals surface area contributed by atoms with Crippen LogP contribution in [0.1, 0.15) is 54.3 Å². The van der Waals surface area contributed by atoms with Crippen LogP contribution in [-0.4, -0.2) is 18.8 Å². The number of thiophene rings is 1. The lowest BCUT2D eigenvalue weighted by molar-refractivity contribution is 0.0602. The molecule has 19 heavy (non-hydrogen) atoms. The van der Waals surface area contributed by atoms with Gasteiger partial charge in [-0.2, -0.15) is 11.8 Å².